The molecule has 0 fully saturated rings. The van der Waals surface area contributed by atoms with Crippen molar-refractivity contribution < 1.29 is 4.74 Å². The summed E-state index contributed by atoms with van der Waals surface area (Å²) in [6.07, 6.45) is 4.10. The van der Waals surface area contributed by atoms with Crippen LogP contribution in [0.3, 0.4) is 0 Å². The number of hydrogen-bond acceptors (Lipinski definition) is 3. The van der Waals surface area contributed by atoms with Crippen LogP contribution in [-0.4, -0.2) is 22.2 Å². The highest BCUT2D eigenvalue weighted by molar-refractivity contribution is 5.59. The molecule has 1 aliphatic heterocycles. The summed E-state index contributed by atoms with van der Waals surface area (Å²) in [5.74, 6) is 2.04. The predicted molar refractivity (Wildman–Crippen MR) is 79.8 cm³/mol. The van der Waals surface area contributed by atoms with Gasteiger partial charge in [-0.25, -0.2) is 4.98 Å². The standard InChI is InChI=1S/C16H21N3O/c1-3-20-13-6-4-12(5-7-13)15-10-19-11(2)14(17)8-9-16(19)18-15/h4-7,10-11,14H,3,8-9,17H2,1-2H3. The minimum absolute atomic E-state index is 0.227. The first kappa shape index (κ1) is 13.2. The summed E-state index contributed by atoms with van der Waals surface area (Å²) in [7, 11) is 0. The molecule has 106 valence electrons. The average Bonchev–Trinajstić information content (AvgIpc) is 2.89. The fourth-order valence-electron chi connectivity index (χ4n) is 2.74. The van der Waals surface area contributed by atoms with E-state index in [-0.39, 0.29) is 6.04 Å². The predicted octanol–water partition coefficient (Wildman–Crippen LogP) is 2.78. The molecule has 2 aromatic rings. The number of benzene rings is 1. The van der Waals surface area contributed by atoms with Crippen molar-refractivity contribution in [1.82, 2.24) is 9.55 Å². The smallest absolute Gasteiger partial charge is 0.119 e. The Labute approximate surface area is 119 Å². The molecule has 4 heteroatoms. The first-order valence-corrected chi connectivity index (χ1v) is 7.25. The lowest BCUT2D eigenvalue weighted by molar-refractivity contribution is 0.340. The van der Waals surface area contributed by atoms with E-state index in [1.807, 2.05) is 19.1 Å². The minimum atomic E-state index is 0.227. The highest BCUT2D eigenvalue weighted by atomic mass is 16.5. The number of ether oxygens (including phenoxy) is 1. The van der Waals surface area contributed by atoms with E-state index in [1.54, 1.807) is 0 Å². The van der Waals surface area contributed by atoms with E-state index in [2.05, 4.69) is 29.8 Å². The molecule has 3 rings (SSSR count). The summed E-state index contributed by atoms with van der Waals surface area (Å²) in [6, 6.07) is 8.65. The van der Waals surface area contributed by atoms with Crippen molar-refractivity contribution in [2.24, 2.45) is 5.73 Å². The maximum absolute atomic E-state index is 6.13. The van der Waals surface area contributed by atoms with Gasteiger partial charge in [-0.05, 0) is 44.5 Å². The first-order valence-electron chi connectivity index (χ1n) is 7.25. The van der Waals surface area contributed by atoms with E-state index in [9.17, 15) is 0 Å². The van der Waals surface area contributed by atoms with Crippen molar-refractivity contribution in [1.29, 1.82) is 0 Å². The zero-order valence-corrected chi connectivity index (χ0v) is 12.0. The molecule has 2 atom stereocenters. The van der Waals surface area contributed by atoms with Crippen molar-refractivity contribution in [3.63, 3.8) is 0 Å². The van der Waals surface area contributed by atoms with Crippen molar-refractivity contribution in [2.45, 2.75) is 38.8 Å². The van der Waals surface area contributed by atoms with Crippen LogP contribution < -0.4 is 10.5 Å². The van der Waals surface area contributed by atoms with Gasteiger partial charge in [0, 0.05) is 30.3 Å². The van der Waals surface area contributed by atoms with Gasteiger partial charge in [-0.3, -0.25) is 0 Å². The SMILES string of the molecule is CCOc1ccc(-c2cn3c(n2)CCC(N)C3C)cc1. The van der Waals surface area contributed by atoms with Crippen LogP contribution >= 0.6 is 0 Å². The van der Waals surface area contributed by atoms with E-state index in [0.29, 0.717) is 12.6 Å². The van der Waals surface area contributed by atoms with Crippen molar-refractivity contribution in [3.05, 3.63) is 36.3 Å². The molecule has 20 heavy (non-hydrogen) atoms. The Morgan fingerprint density at radius 3 is 2.80 bits per heavy atom. The molecule has 0 aliphatic carbocycles. The third-order valence-corrected chi connectivity index (χ3v) is 4.03. The Balaban J connectivity index is 1.90. The summed E-state index contributed by atoms with van der Waals surface area (Å²) >= 11 is 0. The zero-order chi connectivity index (χ0) is 14.1. The zero-order valence-electron chi connectivity index (χ0n) is 12.0. The second-order valence-electron chi connectivity index (χ2n) is 5.35. The van der Waals surface area contributed by atoms with Gasteiger partial charge in [0.15, 0.2) is 0 Å². The van der Waals surface area contributed by atoms with Gasteiger partial charge in [0.25, 0.3) is 0 Å². The largest absolute Gasteiger partial charge is 0.494 e. The molecule has 2 heterocycles. The third-order valence-electron chi connectivity index (χ3n) is 4.03. The fraction of sp³-hybridized carbons (Fsp3) is 0.438. The van der Waals surface area contributed by atoms with E-state index in [0.717, 1.165) is 35.7 Å². The fourth-order valence-corrected chi connectivity index (χ4v) is 2.74. The summed E-state index contributed by atoms with van der Waals surface area (Å²) in [5.41, 5.74) is 8.27. The van der Waals surface area contributed by atoms with E-state index >= 15 is 0 Å². The number of aromatic nitrogens is 2. The Morgan fingerprint density at radius 2 is 2.10 bits per heavy atom. The van der Waals surface area contributed by atoms with Crippen LogP contribution in [0.2, 0.25) is 0 Å². The van der Waals surface area contributed by atoms with E-state index < -0.39 is 0 Å². The van der Waals surface area contributed by atoms with Crippen molar-refractivity contribution in [2.75, 3.05) is 6.61 Å². The Bertz CT molecular complexity index is 588. The normalized spacial score (nSPS) is 21.6. The van der Waals surface area contributed by atoms with Crippen LogP contribution in [0.5, 0.6) is 5.75 Å². The number of fused-ring (bicyclic) bond motifs is 1. The third kappa shape index (κ3) is 2.31. The van der Waals surface area contributed by atoms with Gasteiger partial charge in [-0.15, -0.1) is 0 Å². The van der Waals surface area contributed by atoms with Crippen LogP contribution in [0.4, 0.5) is 0 Å². The summed E-state index contributed by atoms with van der Waals surface area (Å²) in [6.45, 7) is 4.84. The first-order chi connectivity index (χ1) is 9.69. The van der Waals surface area contributed by atoms with Crippen LogP contribution in [-0.2, 0) is 6.42 Å². The number of aryl methyl sites for hydroxylation is 1. The highest BCUT2D eigenvalue weighted by Gasteiger charge is 2.24. The van der Waals surface area contributed by atoms with Crippen LogP contribution in [0.25, 0.3) is 11.3 Å². The van der Waals surface area contributed by atoms with Crippen LogP contribution in [0.1, 0.15) is 32.1 Å². The Morgan fingerprint density at radius 1 is 1.35 bits per heavy atom. The molecular weight excluding hydrogens is 250 g/mol. The minimum Gasteiger partial charge on any atom is -0.494 e. The van der Waals surface area contributed by atoms with Crippen LogP contribution in [0, 0.1) is 0 Å². The lowest BCUT2D eigenvalue weighted by atomic mass is 10.0. The maximum Gasteiger partial charge on any atom is 0.119 e. The lowest BCUT2D eigenvalue weighted by Gasteiger charge is -2.27. The van der Waals surface area contributed by atoms with Gasteiger partial charge >= 0.3 is 0 Å². The van der Waals surface area contributed by atoms with Gasteiger partial charge in [0.05, 0.1) is 12.3 Å². The molecule has 1 aliphatic rings. The van der Waals surface area contributed by atoms with E-state index in [1.165, 1.54) is 0 Å². The van der Waals surface area contributed by atoms with E-state index in [4.69, 9.17) is 15.5 Å². The van der Waals surface area contributed by atoms with Gasteiger partial charge < -0.3 is 15.0 Å². The molecule has 4 nitrogen and oxygen atoms in total. The topological polar surface area (TPSA) is 53.1 Å². The highest BCUT2D eigenvalue weighted by Crippen LogP contribution is 2.28. The number of rotatable bonds is 3. The second kappa shape index (κ2) is 5.29. The molecule has 0 saturated heterocycles. The number of nitrogens with zero attached hydrogens (tertiary/aromatic N) is 2. The number of nitrogens with two attached hydrogens (primary N) is 1. The molecule has 0 bridgehead atoms. The molecular formula is C16H21N3O. The van der Waals surface area contributed by atoms with Crippen molar-refractivity contribution >= 4 is 0 Å². The Kier molecular flexibility index (Phi) is 3.49. The molecule has 2 N–H and O–H groups in total. The molecule has 0 amide bonds. The molecule has 1 aromatic heterocycles. The molecule has 0 spiro atoms. The molecule has 0 radical (unpaired) electrons. The van der Waals surface area contributed by atoms with Gasteiger partial charge in [0.2, 0.25) is 0 Å². The quantitative estimate of drug-likeness (QED) is 0.934. The summed E-state index contributed by atoms with van der Waals surface area (Å²) < 4.78 is 7.69. The molecule has 2 unspecified atom stereocenters. The van der Waals surface area contributed by atoms with Gasteiger partial charge in [-0.2, -0.15) is 0 Å². The number of imidazole rings is 1. The molecule has 1 aromatic carbocycles. The average molecular weight is 271 g/mol. The van der Waals surface area contributed by atoms with Gasteiger partial charge in [0.1, 0.15) is 11.6 Å². The second-order valence-corrected chi connectivity index (χ2v) is 5.35. The monoisotopic (exact) mass is 271 g/mol. The van der Waals surface area contributed by atoms with Crippen LogP contribution in [0.15, 0.2) is 30.5 Å². The summed E-state index contributed by atoms with van der Waals surface area (Å²) in [4.78, 5) is 4.75. The maximum atomic E-state index is 6.13. The number of hydrogen-bond donors (Lipinski definition) is 1. The Hall–Kier alpha value is -1.81. The van der Waals surface area contributed by atoms with Gasteiger partial charge in [-0.1, -0.05) is 0 Å². The lowest BCUT2D eigenvalue weighted by Crippen LogP contribution is -2.35. The summed E-state index contributed by atoms with van der Waals surface area (Å²) in [5, 5.41) is 0. The molecule has 0 saturated carbocycles. The van der Waals surface area contributed by atoms with Crippen molar-refractivity contribution in [3.8, 4) is 17.0 Å².